The smallest absolute Gasteiger partial charge is 0.348 e. The van der Waals surface area contributed by atoms with Gasteiger partial charge < -0.3 is 10.2 Å². The van der Waals surface area contributed by atoms with E-state index in [-0.39, 0.29) is 17.0 Å². The zero-order chi connectivity index (χ0) is 31.2. The summed E-state index contributed by atoms with van der Waals surface area (Å²) in [5, 5.41) is 3.36. The Labute approximate surface area is 246 Å². The second kappa shape index (κ2) is 10.6. The van der Waals surface area contributed by atoms with Gasteiger partial charge in [-0.15, -0.1) is 15.5 Å². The molecule has 1 aliphatic carbocycles. The number of ketones is 1. The third kappa shape index (κ3) is 7.16. The van der Waals surface area contributed by atoms with E-state index in [1.807, 2.05) is 22.5 Å². The molecule has 4 rings (SSSR count). The molecule has 4 nitrogen and oxygen atoms in total. The van der Waals surface area contributed by atoms with Gasteiger partial charge in [-0.2, -0.15) is 13.2 Å². The second-order valence-corrected chi connectivity index (χ2v) is 20.1. The van der Waals surface area contributed by atoms with Crippen molar-refractivity contribution < 1.29 is 38.3 Å². The molecule has 13 heteroatoms. The van der Waals surface area contributed by atoms with Crippen LogP contribution in [0.25, 0.3) is 12.3 Å². The van der Waals surface area contributed by atoms with Crippen molar-refractivity contribution in [3.05, 3.63) is 87.5 Å². The number of carbonyl (C=O) groups is 2. The quantitative estimate of drug-likeness (QED) is 0.134. The molecule has 2 aromatic rings. The minimum Gasteiger partial charge on any atom is -0.348 e. The van der Waals surface area contributed by atoms with Crippen molar-refractivity contribution in [2.75, 3.05) is 13.1 Å². The zero-order valence-electron chi connectivity index (χ0n) is 22.4. The van der Waals surface area contributed by atoms with Gasteiger partial charge in [0, 0.05) is 54.1 Å². The molecule has 0 saturated heterocycles. The molecule has 1 atom stereocenters. The van der Waals surface area contributed by atoms with Crippen LogP contribution in [-0.4, -0.2) is 40.4 Å². The first-order valence-electron chi connectivity index (χ1n) is 12.7. The van der Waals surface area contributed by atoms with Crippen LogP contribution in [0.5, 0.6) is 0 Å². The van der Waals surface area contributed by atoms with Gasteiger partial charge in [0.15, 0.2) is 5.78 Å². The summed E-state index contributed by atoms with van der Waals surface area (Å²) >= 11 is -2.93. The highest BCUT2D eigenvalue weighted by atomic mass is 127. The number of halogens is 8. The van der Waals surface area contributed by atoms with Crippen LogP contribution in [0.4, 0.5) is 28.7 Å². The molecule has 1 fully saturated rings. The van der Waals surface area contributed by atoms with Crippen molar-refractivity contribution in [2.45, 2.75) is 37.3 Å². The van der Waals surface area contributed by atoms with Gasteiger partial charge in [0.1, 0.15) is 6.54 Å². The van der Waals surface area contributed by atoms with Crippen LogP contribution in [0.3, 0.4) is 0 Å². The normalized spacial score (nSPS) is 19.8. The van der Waals surface area contributed by atoms with Gasteiger partial charge in [-0.05, 0) is 85.4 Å². The number of amides is 1. The average molecular weight is 729 g/mol. The van der Waals surface area contributed by atoms with E-state index in [0.29, 0.717) is 48.0 Å². The first-order valence-corrected chi connectivity index (χ1v) is 18.8. The van der Waals surface area contributed by atoms with Crippen LogP contribution in [0.2, 0.25) is 0 Å². The summed E-state index contributed by atoms with van der Waals surface area (Å²) in [4.78, 5) is 25.6. The van der Waals surface area contributed by atoms with E-state index >= 15 is 0 Å². The molecule has 0 spiro atoms. The largest absolute Gasteiger partial charge is 0.405 e. The molecule has 2 aliphatic rings. The maximum Gasteiger partial charge on any atom is 0.405 e. The van der Waals surface area contributed by atoms with Crippen molar-refractivity contribution in [3.63, 3.8) is 0 Å². The molecule has 1 N–H and O–H groups in total. The lowest BCUT2D eigenvalue weighted by atomic mass is 10.0. The monoisotopic (exact) mass is 728 g/mol. The molecular weight excluding hydrogens is 700 g/mol. The Morgan fingerprint density at radius 2 is 1.79 bits per heavy atom. The third-order valence-corrected chi connectivity index (χ3v) is 14.1. The predicted molar refractivity (Wildman–Crippen MR) is 161 cm³/mol. The van der Waals surface area contributed by atoms with E-state index in [1.54, 1.807) is 13.0 Å². The summed E-state index contributed by atoms with van der Waals surface area (Å²) in [6.07, 6.45) is 2.45. The van der Waals surface area contributed by atoms with Crippen LogP contribution in [-0.2, 0) is 0 Å². The maximum atomic E-state index is 14.0. The highest BCUT2D eigenvalue weighted by Gasteiger charge is 2.62. The highest BCUT2D eigenvalue weighted by Crippen LogP contribution is 3.07. The van der Waals surface area contributed by atoms with Gasteiger partial charge >= 0.3 is 6.18 Å². The Bertz CT molecular complexity index is 1640. The molecule has 1 amide bonds. The van der Waals surface area contributed by atoms with E-state index < -0.39 is 55.7 Å². The fourth-order valence-electron chi connectivity index (χ4n) is 4.98. The Morgan fingerprint density at radius 1 is 1.12 bits per heavy atom. The Kier molecular flexibility index (Phi) is 8.11. The van der Waals surface area contributed by atoms with Crippen molar-refractivity contribution in [1.29, 1.82) is 0 Å². The molecular formula is C29H28F7IN2O2S. The van der Waals surface area contributed by atoms with E-state index in [2.05, 4.69) is 11.1 Å². The Balaban J connectivity index is 1.46. The standard InChI is InChI=1S/C29H28F7IN2O2S/c1-18-12-23-8-11-25(28(41)38-17-29(30,31)32)19(2)26(23)16-39(18)15-21-5-4-20(13-21)14-27(40)22-6-9-24(10-7-22)42(33,34,35,36)37-3/h6-12,14,16,21H,1,3-5,13,15,17H2,2H3,(H,38,41)/b20-14-. The number of benzene rings is 2. The number of nitrogens with zero attached hydrogens (tertiary/aromatic N) is 1. The van der Waals surface area contributed by atoms with Crippen molar-refractivity contribution >= 4 is 54.8 Å². The van der Waals surface area contributed by atoms with Gasteiger partial charge in [0.2, 0.25) is 7.01 Å². The number of alkyl halides is 3. The van der Waals surface area contributed by atoms with Gasteiger partial charge in [0.05, 0.1) is 4.90 Å². The number of fused-ring (bicyclic) bond motifs is 1. The molecule has 1 heterocycles. The molecule has 0 bridgehead atoms. The lowest BCUT2D eigenvalue weighted by Crippen LogP contribution is -2.40. The van der Waals surface area contributed by atoms with Gasteiger partial charge in [-0.3, -0.25) is 9.59 Å². The summed E-state index contributed by atoms with van der Waals surface area (Å²) in [6, 6.07) is 6.32. The van der Waals surface area contributed by atoms with Crippen molar-refractivity contribution in [2.24, 2.45) is 5.92 Å². The second-order valence-electron chi connectivity index (χ2n) is 10.3. The van der Waals surface area contributed by atoms with E-state index in [9.17, 15) is 38.3 Å². The number of carbonyl (C=O) groups excluding carboxylic acids is 2. The number of nitrogens with one attached hydrogen (secondary N) is 1. The Morgan fingerprint density at radius 3 is 2.40 bits per heavy atom. The number of rotatable bonds is 8. The molecule has 1 unspecified atom stereocenters. The van der Waals surface area contributed by atoms with Gasteiger partial charge in [0.25, 0.3) is 5.91 Å². The van der Waals surface area contributed by atoms with Crippen LogP contribution in [0, 0.1) is 12.8 Å². The predicted octanol–water partition coefficient (Wildman–Crippen LogP) is 7.33. The van der Waals surface area contributed by atoms with E-state index in [4.69, 9.17) is 0 Å². The van der Waals surface area contributed by atoms with Crippen molar-refractivity contribution in [1.82, 2.24) is 10.2 Å². The minimum atomic E-state index is -8.36. The number of hydrogen-bond acceptors (Lipinski definition) is 3. The van der Waals surface area contributed by atoms with Gasteiger partial charge in [-0.1, -0.05) is 22.7 Å². The fourth-order valence-corrected chi connectivity index (χ4v) is 7.71. The molecule has 0 aromatic heterocycles. The molecule has 228 valence electrons. The summed E-state index contributed by atoms with van der Waals surface area (Å²) in [7, 11) is -8.36. The van der Waals surface area contributed by atoms with E-state index in [0.717, 1.165) is 29.3 Å². The van der Waals surface area contributed by atoms with Crippen LogP contribution in [0.15, 0.2) is 65.2 Å². The number of allylic oxidation sites excluding steroid dienone is 3. The first kappa shape index (κ1) is 32.0. The van der Waals surface area contributed by atoms with Crippen LogP contribution < -0.4 is 15.8 Å². The summed E-state index contributed by atoms with van der Waals surface area (Å²) in [6.45, 7) is 4.85. The maximum absolute atomic E-state index is 14.0. The summed E-state index contributed by atoms with van der Waals surface area (Å²) in [5.74, 6) is -1.17. The minimum absolute atomic E-state index is 0.0276. The molecule has 0 radical (unpaired) electrons. The number of hydrogen-bond donors (Lipinski definition) is 1. The van der Waals surface area contributed by atoms with Crippen LogP contribution in [0.1, 0.15) is 45.5 Å². The SMILES string of the molecule is C=IS(F)(F)(F)(F)c1ccc(C(=O)/C=C2/CCC(CN3C=c4c(C)c(C(=O)NCC(F)(F)F)ccc4=CC3=C)C2)cc1. The molecule has 1 aliphatic heterocycles. The lowest BCUT2D eigenvalue weighted by Gasteiger charge is -2.45. The molecule has 42 heavy (non-hydrogen) atoms. The van der Waals surface area contributed by atoms with Crippen LogP contribution >= 0.6 is 26.4 Å². The van der Waals surface area contributed by atoms with Gasteiger partial charge in [-0.25, -0.2) is 0 Å². The molecule has 2 aromatic carbocycles. The van der Waals surface area contributed by atoms with Crippen molar-refractivity contribution in [3.8, 4) is 0 Å². The lowest BCUT2D eigenvalue weighted by molar-refractivity contribution is -0.123. The fraction of sp³-hybridized carbons (Fsp3) is 0.276. The Hall–Kier alpha value is -2.94. The van der Waals surface area contributed by atoms with E-state index in [1.165, 1.54) is 12.1 Å². The first-order chi connectivity index (χ1) is 19.3. The zero-order valence-corrected chi connectivity index (χ0v) is 25.4. The summed E-state index contributed by atoms with van der Waals surface area (Å²) < 4.78 is 96.6. The summed E-state index contributed by atoms with van der Waals surface area (Å²) in [5.41, 5.74) is 2.21. The molecule has 1 saturated carbocycles. The third-order valence-electron chi connectivity index (χ3n) is 7.24. The average Bonchev–Trinajstić information content (AvgIpc) is 3.34. The topological polar surface area (TPSA) is 49.4 Å². The highest BCUT2D eigenvalue weighted by molar-refractivity contribution is 14.2.